The molecule has 0 aromatic carbocycles. The Kier molecular flexibility index (Phi) is 2.03. The third kappa shape index (κ3) is 1.39. The van der Waals surface area contributed by atoms with E-state index in [-0.39, 0.29) is 13.0 Å². The van der Waals surface area contributed by atoms with Gasteiger partial charge in [0.1, 0.15) is 6.04 Å². The molecule has 2 N–H and O–H groups in total. The van der Waals surface area contributed by atoms with Crippen LogP contribution in [0.2, 0.25) is 0 Å². The summed E-state index contributed by atoms with van der Waals surface area (Å²) in [5.41, 5.74) is 0.643. The zero-order valence-corrected chi connectivity index (χ0v) is 6.36. The molecule has 1 fully saturated rings. The Labute approximate surface area is 68.9 Å². The van der Waals surface area contributed by atoms with Gasteiger partial charge in [-0.2, -0.15) is 0 Å². The molecule has 1 amide bonds. The topological polar surface area (TPSA) is 77.8 Å². The molecule has 0 bridgehead atoms. The van der Waals surface area contributed by atoms with E-state index in [2.05, 4.69) is 6.58 Å². The first kappa shape index (κ1) is 8.58. The Hall–Kier alpha value is -1.52. The summed E-state index contributed by atoms with van der Waals surface area (Å²) in [4.78, 5) is 21.9. The van der Waals surface area contributed by atoms with E-state index in [1.54, 1.807) is 0 Å². The first-order valence-corrected chi connectivity index (χ1v) is 3.41. The maximum absolute atomic E-state index is 10.5. The maximum atomic E-state index is 10.5. The van der Waals surface area contributed by atoms with E-state index in [0.717, 1.165) is 4.90 Å². The Morgan fingerprint density at radius 3 is 2.42 bits per heavy atom. The summed E-state index contributed by atoms with van der Waals surface area (Å²) in [6.45, 7) is 3.68. The number of nitrogens with zero attached hydrogens (tertiary/aromatic N) is 1. The zero-order valence-electron chi connectivity index (χ0n) is 6.36. The molecule has 12 heavy (non-hydrogen) atoms. The van der Waals surface area contributed by atoms with Crippen LogP contribution in [-0.4, -0.2) is 39.8 Å². The second kappa shape index (κ2) is 2.84. The van der Waals surface area contributed by atoms with Crippen molar-refractivity contribution >= 4 is 12.1 Å². The maximum Gasteiger partial charge on any atom is 0.408 e. The van der Waals surface area contributed by atoms with Gasteiger partial charge in [0.2, 0.25) is 0 Å². The van der Waals surface area contributed by atoms with Gasteiger partial charge in [0.05, 0.1) is 0 Å². The van der Waals surface area contributed by atoms with Gasteiger partial charge >= 0.3 is 12.1 Å². The quantitative estimate of drug-likeness (QED) is 0.559. The predicted octanol–water partition coefficient (Wildman–Crippen LogP) is 0.380. The molecule has 1 aliphatic rings. The zero-order chi connectivity index (χ0) is 9.30. The fraction of sp³-hybridized carbons (Fsp3) is 0.429. The van der Waals surface area contributed by atoms with Crippen LogP contribution in [-0.2, 0) is 4.79 Å². The fourth-order valence-corrected chi connectivity index (χ4v) is 1.22. The first-order chi connectivity index (χ1) is 5.52. The van der Waals surface area contributed by atoms with Gasteiger partial charge in [0, 0.05) is 13.0 Å². The molecule has 1 heterocycles. The smallest absolute Gasteiger partial charge is 0.408 e. The Bertz CT molecular complexity index is 224. The lowest BCUT2D eigenvalue weighted by molar-refractivity contribution is -0.141. The standard InChI is InChI=1S/C7H9NO4/c1-4-2-5(6(9)10)8(3-4)7(11)12/h5H,1-3H2,(H,9,10)(H,11,12)/t5-/m0/s1. The van der Waals surface area contributed by atoms with Crippen molar-refractivity contribution in [1.82, 2.24) is 4.90 Å². The molecule has 1 saturated heterocycles. The number of carboxylic acids is 1. The third-order valence-electron chi connectivity index (χ3n) is 1.78. The highest BCUT2D eigenvalue weighted by Crippen LogP contribution is 2.20. The van der Waals surface area contributed by atoms with Crippen LogP contribution in [0.25, 0.3) is 0 Å². The number of hydrogen-bond donors (Lipinski definition) is 2. The minimum atomic E-state index is -1.21. The molecule has 0 radical (unpaired) electrons. The van der Waals surface area contributed by atoms with E-state index >= 15 is 0 Å². The normalized spacial score (nSPS) is 22.8. The Morgan fingerprint density at radius 1 is 1.50 bits per heavy atom. The van der Waals surface area contributed by atoms with Crippen molar-refractivity contribution < 1.29 is 19.8 Å². The average molecular weight is 171 g/mol. The fourth-order valence-electron chi connectivity index (χ4n) is 1.22. The minimum Gasteiger partial charge on any atom is -0.480 e. The summed E-state index contributed by atoms with van der Waals surface area (Å²) in [5.74, 6) is -1.11. The van der Waals surface area contributed by atoms with E-state index < -0.39 is 18.1 Å². The van der Waals surface area contributed by atoms with Gasteiger partial charge in [-0.15, -0.1) is 0 Å². The lowest BCUT2D eigenvalue weighted by Crippen LogP contribution is -2.39. The lowest BCUT2D eigenvalue weighted by Gasteiger charge is -2.16. The second-order valence-electron chi connectivity index (χ2n) is 2.72. The van der Waals surface area contributed by atoms with E-state index in [0.29, 0.717) is 5.57 Å². The van der Waals surface area contributed by atoms with Crippen LogP contribution in [0.5, 0.6) is 0 Å². The van der Waals surface area contributed by atoms with Crippen molar-refractivity contribution in [1.29, 1.82) is 0 Å². The summed E-state index contributed by atoms with van der Waals surface area (Å²) < 4.78 is 0. The molecular weight excluding hydrogens is 162 g/mol. The summed E-state index contributed by atoms with van der Waals surface area (Å²) >= 11 is 0. The van der Waals surface area contributed by atoms with Crippen LogP contribution >= 0.6 is 0 Å². The van der Waals surface area contributed by atoms with Crippen molar-refractivity contribution in [3.8, 4) is 0 Å². The molecule has 66 valence electrons. The van der Waals surface area contributed by atoms with Gasteiger partial charge in [-0.25, -0.2) is 9.59 Å². The molecule has 0 aliphatic carbocycles. The molecule has 0 aromatic heterocycles. The van der Waals surface area contributed by atoms with Crippen molar-refractivity contribution in [3.63, 3.8) is 0 Å². The van der Waals surface area contributed by atoms with Crippen molar-refractivity contribution in [2.75, 3.05) is 6.54 Å². The van der Waals surface area contributed by atoms with Crippen LogP contribution < -0.4 is 0 Å². The molecule has 0 aromatic rings. The monoisotopic (exact) mass is 171 g/mol. The van der Waals surface area contributed by atoms with Crippen LogP contribution in [0.15, 0.2) is 12.2 Å². The number of likely N-dealkylation sites (tertiary alicyclic amines) is 1. The number of hydrogen-bond acceptors (Lipinski definition) is 2. The molecule has 0 spiro atoms. The third-order valence-corrected chi connectivity index (χ3v) is 1.78. The van der Waals surface area contributed by atoms with E-state index in [1.807, 2.05) is 0 Å². The first-order valence-electron chi connectivity index (χ1n) is 3.41. The molecule has 5 heteroatoms. The molecule has 0 saturated carbocycles. The average Bonchev–Trinajstić information content (AvgIpc) is 2.31. The highest BCUT2D eigenvalue weighted by Gasteiger charge is 2.35. The minimum absolute atomic E-state index is 0.131. The second-order valence-corrected chi connectivity index (χ2v) is 2.72. The number of amides is 1. The molecule has 1 rings (SSSR count). The van der Waals surface area contributed by atoms with Gasteiger partial charge in [-0.05, 0) is 0 Å². The SMILES string of the molecule is C=C1C[C@@H](C(=O)O)N(C(=O)O)C1. The largest absolute Gasteiger partial charge is 0.480 e. The summed E-state index contributed by atoms with van der Waals surface area (Å²) in [7, 11) is 0. The van der Waals surface area contributed by atoms with Crippen molar-refractivity contribution in [2.24, 2.45) is 0 Å². The molecule has 1 aliphatic heterocycles. The van der Waals surface area contributed by atoms with Gasteiger partial charge in [-0.1, -0.05) is 12.2 Å². The molecule has 1 atom stereocenters. The molecule has 0 unspecified atom stereocenters. The van der Waals surface area contributed by atoms with Crippen LogP contribution in [0, 0.1) is 0 Å². The van der Waals surface area contributed by atoms with Crippen LogP contribution in [0.1, 0.15) is 6.42 Å². The van der Waals surface area contributed by atoms with E-state index in [4.69, 9.17) is 10.2 Å². The summed E-state index contributed by atoms with van der Waals surface area (Å²) in [6, 6.07) is -0.949. The van der Waals surface area contributed by atoms with Gasteiger partial charge in [0.15, 0.2) is 0 Å². The number of carbonyl (C=O) groups is 2. The number of carboxylic acid groups (broad SMARTS) is 2. The van der Waals surface area contributed by atoms with Gasteiger partial charge in [0.25, 0.3) is 0 Å². The lowest BCUT2D eigenvalue weighted by atomic mass is 10.2. The number of rotatable bonds is 1. The van der Waals surface area contributed by atoms with Crippen molar-refractivity contribution in [3.05, 3.63) is 12.2 Å². The Morgan fingerprint density at radius 2 is 2.08 bits per heavy atom. The molecule has 5 nitrogen and oxygen atoms in total. The number of aliphatic carboxylic acids is 1. The summed E-state index contributed by atoms with van der Waals surface area (Å²) in [6.07, 6.45) is -0.984. The van der Waals surface area contributed by atoms with Gasteiger partial charge < -0.3 is 10.2 Å². The predicted molar refractivity (Wildman–Crippen MR) is 39.9 cm³/mol. The Balaban J connectivity index is 2.79. The van der Waals surface area contributed by atoms with Gasteiger partial charge in [-0.3, -0.25) is 4.90 Å². The highest BCUT2D eigenvalue weighted by atomic mass is 16.4. The van der Waals surface area contributed by atoms with Crippen LogP contribution in [0.3, 0.4) is 0 Å². The van der Waals surface area contributed by atoms with E-state index in [9.17, 15) is 9.59 Å². The van der Waals surface area contributed by atoms with Crippen LogP contribution in [0.4, 0.5) is 4.79 Å². The highest BCUT2D eigenvalue weighted by molar-refractivity contribution is 5.81. The van der Waals surface area contributed by atoms with Crippen molar-refractivity contribution in [2.45, 2.75) is 12.5 Å². The summed E-state index contributed by atoms with van der Waals surface area (Å²) in [5, 5.41) is 17.2. The van der Waals surface area contributed by atoms with E-state index in [1.165, 1.54) is 0 Å². The molecular formula is C7H9NO4.